The molecule has 1 radical (unpaired) electrons. The Balaban J connectivity index is -0.00000000667. The van der Waals surface area contributed by atoms with Crippen LogP contribution in [0, 0.1) is 0 Å². The summed E-state index contributed by atoms with van der Waals surface area (Å²) in [5.41, 5.74) is 0. The molecule has 2 N–H and O–H groups in total. The SMILES string of the molecule is C.C.O.[CH3][Al][CH3]. The molecule has 0 aliphatic heterocycles. The fraction of sp³-hybridized carbons (Fsp3) is 1.00. The van der Waals surface area contributed by atoms with Crippen molar-refractivity contribution in [1.82, 2.24) is 0 Å². The summed E-state index contributed by atoms with van der Waals surface area (Å²) in [5, 5.41) is 0. The van der Waals surface area contributed by atoms with Crippen molar-refractivity contribution in [3.63, 3.8) is 0 Å². The second kappa shape index (κ2) is 49.8. The Kier molecular flexibility index (Phi) is 261. The lowest BCUT2D eigenvalue weighted by Crippen LogP contribution is -1.53. The van der Waals surface area contributed by atoms with Gasteiger partial charge in [-0.25, -0.2) is 0 Å². The van der Waals surface area contributed by atoms with Crippen LogP contribution < -0.4 is 0 Å². The maximum atomic E-state index is 2.21. The topological polar surface area (TPSA) is 31.5 Å². The standard InChI is InChI=1S/2CH4.2CH3.Al.H2O/h2*1H4;2*1H3;;1H2. The fourth-order valence-corrected chi connectivity index (χ4v) is 0. The molecule has 0 aromatic carbocycles. The van der Waals surface area contributed by atoms with Crippen LogP contribution in [-0.4, -0.2) is 20.7 Å². The van der Waals surface area contributed by atoms with Crippen molar-refractivity contribution < 1.29 is 5.48 Å². The van der Waals surface area contributed by atoms with Crippen molar-refractivity contribution in [2.45, 2.75) is 26.4 Å². The first-order valence-corrected chi connectivity index (χ1v) is 3.46. The molecule has 0 amide bonds. The van der Waals surface area contributed by atoms with Crippen LogP contribution >= 0.6 is 0 Å². The molecule has 0 aliphatic carbocycles. The second-order valence-corrected chi connectivity index (χ2v) is 1.73. The molecular formula is C4H16AlO. The van der Waals surface area contributed by atoms with Gasteiger partial charge in [-0.2, -0.15) is 0 Å². The molecule has 0 atom stereocenters. The van der Waals surface area contributed by atoms with E-state index in [9.17, 15) is 0 Å². The van der Waals surface area contributed by atoms with Crippen molar-refractivity contribution in [3.8, 4) is 0 Å². The molecule has 0 bridgehead atoms. The molecule has 0 fully saturated rings. The largest absolute Gasteiger partial charge is 0.412 e. The summed E-state index contributed by atoms with van der Waals surface area (Å²) >= 11 is 0.750. The summed E-state index contributed by atoms with van der Waals surface area (Å²) < 4.78 is 0. The summed E-state index contributed by atoms with van der Waals surface area (Å²) in [6, 6.07) is 0. The van der Waals surface area contributed by atoms with Gasteiger partial charge in [-0.05, 0) is 0 Å². The molecule has 0 rings (SSSR count). The summed E-state index contributed by atoms with van der Waals surface area (Å²) in [6.45, 7) is 0. The van der Waals surface area contributed by atoms with Gasteiger partial charge in [-0.15, -0.1) is 11.6 Å². The van der Waals surface area contributed by atoms with E-state index in [1.54, 1.807) is 0 Å². The highest BCUT2D eigenvalue weighted by Crippen LogP contribution is 1.36. The first-order chi connectivity index (χ1) is 1.41. The van der Waals surface area contributed by atoms with E-state index >= 15 is 0 Å². The predicted octanol–water partition coefficient (Wildman–Crippen LogP) is 1.23. The molecule has 0 spiro atoms. The third-order valence-corrected chi connectivity index (χ3v) is 0. The lowest BCUT2D eigenvalue weighted by molar-refractivity contribution is 0.824. The predicted molar refractivity (Wildman–Crippen MR) is 34.6 cm³/mol. The van der Waals surface area contributed by atoms with Crippen LogP contribution in [0.15, 0.2) is 0 Å². The Labute approximate surface area is 47.8 Å². The molecule has 41 valence electrons. The van der Waals surface area contributed by atoms with Gasteiger partial charge in [0.25, 0.3) is 0 Å². The molecule has 0 aliphatic rings. The van der Waals surface area contributed by atoms with Gasteiger partial charge in [0, 0.05) is 0 Å². The van der Waals surface area contributed by atoms with Crippen LogP contribution in [0.3, 0.4) is 0 Å². The molecule has 6 heavy (non-hydrogen) atoms. The van der Waals surface area contributed by atoms with Crippen LogP contribution in [-0.2, 0) is 0 Å². The van der Waals surface area contributed by atoms with Gasteiger partial charge in [0.15, 0.2) is 15.2 Å². The normalized spacial score (nSPS) is 2.33. The Morgan fingerprint density at radius 3 is 1.00 bits per heavy atom. The van der Waals surface area contributed by atoms with Crippen molar-refractivity contribution in [1.29, 1.82) is 0 Å². The molecule has 2 heteroatoms. The first-order valence-electron chi connectivity index (χ1n) is 1.15. The minimum Gasteiger partial charge on any atom is -0.412 e. The van der Waals surface area contributed by atoms with Gasteiger partial charge in [0.2, 0.25) is 0 Å². The Morgan fingerprint density at radius 1 is 1.00 bits per heavy atom. The number of hydrogen-bond acceptors (Lipinski definition) is 0. The minimum absolute atomic E-state index is 0. The molecule has 0 heterocycles. The highest BCUT2D eigenvalue weighted by atomic mass is 27.1. The van der Waals surface area contributed by atoms with E-state index in [0.717, 1.165) is 15.2 Å². The summed E-state index contributed by atoms with van der Waals surface area (Å²) in [6.07, 6.45) is 0. The number of rotatable bonds is 0. The van der Waals surface area contributed by atoms with Gasteiger partial charge in [0.1, 0.15) is 0 Å². The average Bonchev–Trinajstić information content (AvgIpc) is 0.918. The molecule has 0 aromatic heterocycles. The quantitative estimate of drug-likeness (QED) is 0.417. The zero-order chi connectivity index (χ0) is 2.71. The van der Waals surface area contributed by atoms with Crippen molar-refractivity contribution in [3.05, 3.63) is 0 Å². The summed E-state index contributed by atoms with van der Waals surface area (Å²) in [4.78, 5) is 0. The maximum Gasteiger partial charge on any atom is 0.191 e. The molecule has 1 nitrogen and oxygen atoms in total. The van der Waals surface area contributed by atoms with E-state index in [1.807, 2.05) is 0 Å². The summed E-state index contributed by atoms with van der Waals surface area (Å²) in [5.74, 6) is 4.42. The van der Waals surface area contributed by atoms with Crippen LogP contribution in [0.1, 0.15) is 14.9 Å². The average molecular weight is 107 g/mol. The zero-order valence-corrected chi connectivity index (χ0v) is 4.23. The van der Waals surface area contributed by atoms with Crippen LogP contribution in [0.5, 0.6) is 0 Å². The monoisotopic (exact) mass is 107 g/mol. The lowest BCUT2D eigenvalue weighted by atomic mass is 11.9. The second-order valence-electron chi connectivity index (χ2n) is 0.577. The molecule has 0 aromatic rings. The van der Waals surface area contributed by atoms with E-state index in [-0.39, 0.29) is 20.3 Å². The molecule has 0 saturated heterocycles. The van der Waals surface area contributed by atoms with E-state index in [4.69, 9.17) is 0 Å². The molecule has 0 saturated carbocycles. The Morgan fingerprint density at radius 2 is 1.00 bits per heavy atom. The van der Waals surface area contributed by atoms with Gasteiger partial charge in [-0.3, -0.25) is 0 Å². The third-order valence-electron chi connectivity index (χ3n) is 0. The van der Waals surface area contributed by atoms with E-state index in [1.165, 1.54) is 0 Å². The third kappa shape index (κ3) is 226. The highest BCUT2D eigenvalue weighted by Gasteiger charge is 1.46. The van der Waals surface area contributed by atoms with E-state index in [0.29, 0.717) is 0 Å². The highest BCUT2D eigenvalue weighted by molar-refractivity contribution is 6.31. The minimum atomic E-state index is 0. The van der Waals surface area contributed by atoms with E-state index in [2.05, 4.69) is 11.6 Å². The maximum absolute atomic E-state index is 2.21. The van der Waals surface area contributed by atoms with Gasteiger partial charge >= 0.3 is 0 Å². The summed E-state index contributed by atoms with van der Waals surface area (Å²) in [7, 11) is 0. The van der Waals surface area contributed by atoms with E-state index < -0.39 is 0 Å². The molecule has 0 unspecified atom stereocenters. The fourth-order valence-electron chi connectivity index (χ4n) is 0. The number of hydrogen-bond donors (Lipinski definition) is 0. The zero-order valence-electron chi connectivity index (χ0n) is 3.08. The van der Waals surface area contributed by atoms with Gasteiger partial charge in [0.05, 0.1) is 0 Å². The Hall–Kier alpha value is 0.492. The van der Waals surface area contributed by atoms with Gasteiger partial charge in [-0.1, -0.05) is 14.9 Å². The van der Waals surface area contributed by atoms with Crippen LogP contribution in [0.4, 0.5) is 0 Å². The lowest BCUT2D eigenvalue weighted by Gasteiger charge is -1.38. The first kappa shape index (κ1) is 31.5. The smallest absolute Gasteiger partial charge is 0.191 e. The Bertz CT molecular complexity index is 7.51. The van der Waals surface area contributed by atoms with Gasteiger partial charge < -0.3 is 5.48 Å². The van der Waals surface area contributed by atoms with Crippen molar-refractivity contribution in [2.24, 2.45) is 0 Å². The van der Waals surface area contributed by atoms with Crippen LogP contribution in [0.2, 0.25) is 11.6 Å². The van der Waals surface area contributed by atoms with Crippen molar-refractivity contribution in [2.75, 3.05) is 0 Å². The van der Waals surface area contributed by atoms with Crippen molar-refractivity contribution >= 4 is 15.2 Å². The molecular weight excluding hydrogens is 91.0 g/mol. The van der Waals surface area contributed by atoms with Crippen LogP contribution in [0.25, 0.3) is 0 Å².